The molecular weight excluding hydrogens is 393 g/mol. The van der Waals surface area contributed by atoms with E-state index < -0.39 is 17.4 Å². The van der Waals surface area contributed by atoms with Crippen LogP contribution in [0.4, 0.5) is 14.9 Å². The highest BCUT2D eigenvalue weighted by Gasteiger charge is 2.45. The van der Waals surface area contributed by atoms with Gasteiger partial charge in [-0.15, -0.1) is 0 Å². The molecule has 0 atom stereocenters. The molecule has 0 radical (unpaired) electrons. The van der Waals surface area contributed by atoms with E-state index in [0.29, 0.717) is 46.7 Å². The number of fused-ring (bicyclic) bond motifs is 1. The minimum atomic E-state index is -1.08. The second-order valence-electron chi connectivity index (χ2n) is 7.12. The fourth-order valence-corrected chi connectivity index (χ4v) is 3.11. The van der Waals surface area contributed by atoms with Gasteiger partial charge < -0.3 is 30.4 Å². The number of nitrogens with one attached hydrogen (secondary N) is 1. The van der Waals surface area contributed by atoms with E-state index in [2.05, 4.69) is 10.3 Å². The largest absolute Gasteiger partial charge is 0.493 e. The van der Waals surface area contributed by atoms with E-state index in [9.17, 15) is 9.18 Å². The molecule has 2 aromatic carbocycles. The number of carboxylic acid groups (broad SMARTS) is 1. The third-order valence-corrected chi connectivity index (χ3v) is 4.89. The monoisotopic (exact) mass is 413 g/mol. The minimum Gasteiger partial charge on any atom is -0.493 e. The highest BCUT2D eigenvalue weighted by Crippen LogP contribution is 2.40. The molecule has 156 valence electrons. The lowest BCUT2D eigenvalue weighted by atomic mass is 10.1. The standard InChI is InChI=1S/C21H20FN3O5/c1-28-18-9-13-15(10-19(18)29-11-21(5-6-21)25-20(26)27)24-7-4-16(13)30-17-3-2-12(23)8-14(17)22/h2-4,7-10,25H,5-6,11,23H2,1H3,(H,26,27). The first-order valence-electron chi connectivity index (χ1n) is 9.23. The van der Waals surface area contributed by atoms with E-state index in [4.69, 9.17) is 25.1 Å². The van der Waals surface area contributed by atoms with E-state index in [1.165, 1.54) is 25.4 Å². The molecule has 8 nitrogen and oxygen atoms in total. The highest BCUT2D eigenvalue weighted by molar-refractivity contribution is 5.88. The van der Waals surface area contributed by atoms with Crippen molar-refractivity contribution >= 4 is 22.7 Å². The summed E-state index contributed by atoms with van der Waals surface area (Å²) in [5.74, 6) is 0.690. The Morgan fingerprint density at radius 3 is 2.67 bits per heavy atom. The number of amides is 1. The Hall–Kier alpha value is -3.75. The molecule has 0 unspecified atom stereocenters. The number of aromatic nitrogens is 1. The lowest BCUT2D eigenvalue weighted by Gasteiger charge is -2.18. The SMILES string of the molecule is COc1cc2c(Oc3ccc(N)cc3F)ccnc2cc1OCC1(NC(=O)O)CC1. The number of anilines is 1. The maximum absolute atomic E-state index is 14.1. The number of carbonyl (C=O) groups is 1. The number of rotatable bonds is 7. The normalized spacial score (nSPS) is 14.2. The van der Waals surface area contributed by atoms with Crippen LogP contribution >= 0.6 is 0 Å². The zero-order valence-electron chi connectivity index (χ0n) is 16.1. The molecule has 0 saturated heterocycles. The third kappa shape index (κ3) is 4.00. The molecule has 1 aliphatic rings. The molecule has 1 aliphatic carbocycles. The van der Waals surface area contributed by atoms with E-state index in [1.54, 1.807) is 24.3 Å². The number of ether oxygens (including phenoxy) is 3. The number of hydrogen-bond donors (Lipinski definition) is 3. The van der Waals surface area contributed by atoms with Gasteiger partial charge in [0.25, 0.3) is 0 Å². The first-order valence-corrected chi connectivity index (χ1v) is 9.23. The molecule has 4 N–H and O–H groups in total. The summed E-state index contributed by atoms with van der Waals surface area (Å²) in [6, 6.07) is 9.17. The fourth-order valence-electron chi connectivity index (χ4n) is 3.11. The lowest BCUT2D eigenvalue weighted by Crippen LogP contribution is -2.40. The van der Waals surface area contributed by atoms with Crippen LogP contribution in [0.15, 0.2) is 42.6 Å². The van der Waals surface area contributed by atoms with Crippen LogP contribution < -0.4 is 25.3 Å². The molecule has 30 heavy (non-hydrogen) atoms. The summed E-state index contributed by atoms with van der Waals surface area (Å²) in [6.07, 6.45) is 1.87. The average Bonchev–Trinajstić information content (AvgIpc) is 3.46. The van der Waals surface area contributed by atoms with Gasteiger partial charge in [0.15, 0.2) is 23.1 Å². The van der Waals surface area contributed by atoms with Crippen molar-refractivity contribution in [2.45, 2.75) is 18.4 Å². The van der Waals surface area contributed by atoms with E-state index in [1.807, 2.05) is 0 Å². The topological polar surface area (TPSA) is 116 Å². The van der Waals surface area contributed by atoms with Crippen molar-refractivity contribution in [2.75, 3.05) is 19.5 Å². The summed E-state index contributed by atoms with van der Waals surface area (Å²) in [7, 11) is 1.49. The number of hydrogen-bond acceptors (Lipinski definition) is 6. The quantitative estimate of drug-likeness (QED) is 0.503. The Balaban J connectivity index is 1.63. The van der Waals surface area contributed by atoms with E-state index >= 15 is 0 Å². The van der Waals surface area contributed by atoms with Crippen LogP contribution in [-0.4, -0.2) is 35.4 Å². The Morgan fingerprint density at radius 1 is 1.20 bits per heavy atom. The van der Waals surface area contributed by atoms with Crippen molar-refractivity contribution in [1.82, 2.24) is 10.3 Å². The first-order chi connectivity index (χ1) is 14.4. The van der Waals surface area contributed by atoms with Crippen LogP contribution in [-0.2, 0) is 0 Å². The Morgan fingerprint density at radius 2 is 2.00 bits per heavy atom. The predicted molar refractivity (Wildman–Crippen MR) is 108 cm³/mol. The maximum Gasteiger partial charge on any atom is 0.405 e. The number of nitrogens with zero attached hydrogens (tertiary/aromatic N) is 1. The van der Waals surface area contributed by atoms with Crippen LogP contribution in [0, 0.1) is 5.82 Å². The van der Waals surface area contributed by atoms with Crippen LogP contribution in [0.1, 0.15) is 12.8 Å². The van der Waals surface area contributed by atoms with Crippen molar-refractivity contribution in [2.24, 2.45) is 0 Å². The number of methoxy groups -OCH3 is 1. The van der Waals surface area contributed by atoms with Gasteiger partial charge in [0.1, 0.15) is 12.4 Å². The second kappa shape index (κ2) is 7.58. The van der Waals surface area contributed by atoms with Gasteiger partial charge in [-0.1, -0.05) is 0 Å². The number of nitrogen functional groups attached to an aromatic ring is 1. The number of halogens is 1. The summed E-state index contributed by atoms with van der Waals surface area (Å²) in [5, 5.41) is 12.1. The molecule has 3 aromatic rings. The molecule has 4 rings (SSSR count). The predicted octanol–water partition coefficient (Wildman–Crippen LogP) is 3.94. The van der Waals surface area contributed by atoms with Gasteiger partial charge >= 0.3 is 6.09 Å². The molecule has 1 saturated carbocycles. The van der Waals surface area contributed by atoms with E-state index in [-0.39, 0.29) is 12.4 Å². The number of nitrogens with two attached hydrogens (primary N) is 1. The van der Waals surface area contributed by atoms with Crippen molar-refractivity contribution in [3.8, 4) is 23.0 Å². The minimum absolute atomic E-state index is 0.0337. The molecule has 0 bridgehead atoms. The molecule has 1 amide bonds. The molecule has 9 heteroatoms. The summed E-state index contributed by atoms with van der Waals surface area (Å²) in [5.41, 5.74) is 5.86. The van der Waals surface area contributed by atoms with Crippen LogP contribution in [0.2, 0.25) is 0 Å². The number of pyridine rings is 1. The maximum atomic E-state index is 14.1. The summed E-state index contributed by atoms with van der Waals surface area (Å²) >= 11 is 0. The summed E-state index contributed by atoms with van der Waals surface area (Å²) in [4.78, 5) is 15.3. The van der Waals surface area contributed by atoms with Crippen molar-refractivity contribution in [1.29, 1.82) is 0 Å². The van der Waals surface area contributed by atoms with Gasteiger partial charge in [-0.2, -0.15) is 0 Å². The van der Waals surface area contributed by atoms with E-state index in [0.717, 1.165) is 0 Å². The van der Waals surface area contributed by atoms with Gasteiger partial charge in [-0.05, 0) is 37.1 Å². The summed E-state index contributed by atoms with van der Waals surface area (Å²) < 4.78 is 31.2. The smallest absolute Gasteiger partial charge is 0.405 e. The van der Waals surface area contributed by atoms with Crippen LogP contribution in [0.5, 0.6) is 23.0 Å². The van der Waals surface area contributed by atoms with Gasteiger partial charge in [0.2, 0.25) is 0 Å². The van der Waals surface area contributed by atoms with Gasteiger partial charge in [-0.3, -0.25) is 4.98 Å². The Kier molecular flexibility index (Phi) is 4.94. The molecule has 1 fully saturated rings. The molecule has 1 aromatic heterocycles. The van der Waals surface area contributed by atoms with Crippen LogP contribution in [0.3, 0.4) is 0 Å². The van der Waals surface area contributed by atoms with Crippen molar-refractivity contribution < 1.29 is 28.5 Å². The van der Waals surface area contributed by atoms with Gasteiger partial charge in [-0.25, -0.2) is 9.18 Å². The van der Waals surface area contributed by atoms with Crippen molar-refractivity contribution in [3.05, 3.63) is 48.4 Å². The molecular formula is C21H20FN3O5. The first kappa shape index (κ1) is 19.6. The summed E-state index contributed by atoms with van der Waals surface area (Å²) in [6.45, 7) is 0.175. The zero-order valence-corrected chi connectivity index (χ0v) is 16.1. The Bertz CT molecular complexity index is 1120. The Labute approximate surface area is 171 Å². The highest BCUT2D eigenvalue weighted by atomic mass is 19.1. The molecule has 1 heterocycles. The fraction of sp³-hybridized carbons (Fsp3) is 0.238. The third-order valence-electron chi connectivity index (χ3n) is 4.89. The van der Waals surface area contributed by atoms with Gasteiger partial charge in [0, 0.05) is 29.4 Å². The van der Waals surface area contributed by atoms with Crippen molar-refractivity contribution in [3.63, 3.8) is 0 Å². The molecule has 0 aliphatic heterocycles. The van der Waals surface area contributed by atoms with Crippen LogP contribution in [0.25, 0.3) is 10.9 Å². The number of benzene rings is 2. The lowest BCUT2D eigenvalue weighted by molar-refractivity contribution is 0.176. The average molecular weight is 413 g/mol. The second-order valence-corrected chi connectivity index (χ2v) is 7.12. The van der Waals surface area contributed by atoms with Gasteiger partial charge in [0.05, 0.1) is 18.2 Å². The zero-order chi connectivity index (χ0) is 21.3. The molecule has 0 spiro atoms.